The predicted molar refractivity (Wildman–Crippen MR) is 614 cm³/mol. The highest BCUT2D eigenvalue weighted by molar-refractivity contribution is 6.31. The lowest BCUT2D eigenvalue weighted by Crippen LogP contribution is -2.06. The van der Waals surface area contributed by atoms with E-state index in [1.807, 2.05) is 287 Å². The Morgan fingerprint density at radius 2 is 0.413 bits per heavy atom. The van der Waals surface area contributed by atoms with Crippen LogP contribution in [0.2, 0.25) is 0 Å². The average molecular weight is 1930 g/mol. The number of para-hydroxylation sites is 9. The first-order valence-electron chi connectivity index (χ1n) is 56.7. The van der Waals surface area contributed by atoms with E-state index >= 15 is 0 Å². The molecule has 0 N–H and O–H groups in total. The third-order valence-electron chi connectivity index (χ3n) is 27.8. The topological polar surface area (TPSA) is 146 Å². The molecule has 702 valence electrons. The van der Waals surface area contributed by atoms with Crippen LogP contribution in [0.25, 0.3) is 267 Å². The van der Waals surface area contributed by atoms with Crippen molar-refractivity contribution in [2.45, 2.75) is 0 Å². The number of hydrogen-bond acceptors (Lipinski definition) is 9. The molecule has 0 unspecified atom stereocenters. The first kappa shape index (κ1) is 72.7. The number of benzene rings is 21. The van der Waals surface area contributed by atoms with Crippen molar-refractivity contribution in [3.8, 4) is 137 Å². The Morgan fingerprint density at radius 1 is 0.147 bits per heavy atom. The van der Waals surface area contributed by atoms with E-state index in [9.17, 15) is 0 Å². The van der Waals surface area contributed by atoms with Gasteiger partial charge in [0.25, 0.3) is 0 Å². The first-order valence-corrected chi connectivity index (χ1v) is 49.2. The van der Waals surface area contributed by atoms with Crippen molar-refractivity contribution in [2.24, 2.45) is 0 Å². The molecule has 150 heavy (non-hydrogen) atoms. The van der Waals surface area contributed by atoms with E-state index in [-0.39, 0.29) is 88.3 Å². The zero-order valence-corrected chi connectivity index (χ0v) is 79.8. The van der Waals surface area contributed by atoms with Crippen LogP contribution in [0.1, 0.15) is 20.6 Å². The molecule has 0 atom stereocenters. The van der Waals surface area contributed by atoms with Crippen LogP contribution in [0, 0.1) is 0 Å². The van der Waals surface area contributed by atoms with Gasteiger partial charge in [0.05, 0.1) is 86.8 Å². The summed E-state index contributed by atoms with van der Waals surface area (Å²) in [5, 5.41) is 12.6. The Hall–Kier alpha value is -20.6. The molecule has 15 nitrogen and oxygen atoms in total. The second kappa shape index (κ2) is 37.0. The molecule has 0 radical (unpaired) electrons. The zero-order chi connectivity index (χ0) is 112. The van der Waals surface area contributed by atoms with Crippen LogP contribution in [-0.2, 0) is 0 Å². The summed E-state index contributed by atoms with van der Waals surface area (Å²) < 4.78 is 142. The average Bonchev–Trinajstić information content (AvgIpc) is 1.55. The molecule has 9 heterocycles. The molecule has 30 aromatic rings. The summed E-state index contributed by atoms with van der Waals surface area (Å²) in [6, 6.07) is 140. The van der Waals surface area contributed by atoms with Crippen LogP contribution in [0.3, 0.4) is 0 Å². The van der Waals surface area contributed by atoms with Gasteiger partial charge in [-0.2, -0.15) is 29.9 Å². The summed E-state index contributed by atoms with van der Waals surface area (Å²) >= 11 is 0. The lowest BCUT2D eigenvalue weighted by Gasteiger charge is -2.13. The molecule has 0 spiro atoms. The van der Waals surface area contributed by atoms with Crippen molar-refractivity contribution in [1.82, 2.24) is 72.3 Å². The van der Waals surface area contributed by atoms with Crippen LogP contribution in [0.15, 0.2) is 527 Å². The Bertz CT molecular complexity index is 11400. The van der Waals surface area contributed by atoms with E-state index in [1.54, 1.807) is 0 Å². The van der Waals surface area contributed by atoms with E-state index in [0.29, 0.717) is 34.2 Å². The third-order valence-corrected chi connectivity index (χ3v) is 27.8. The zero-order valence-electron chi connectivity index (χ0n) is 94.8. The molecule has 9 aromatic heterocycles. The van der Waals surface area contributed by atoms with Crippen molar-refractivity contribution in [1.29, 1.82) is 0 Å². The Kier molecular flexibility index (Phi) is 17.9. The van der Waals surface area contributed by atoms with Gasteiger partial charge in [-0.15, -0.1) is 0 Å². The first-order chi connectivity index (χ1) is 80.7. The summed E-state index contributed by atoms with van der Waals surface area (Å²) in [5.41, 5.74) is 22.3. The number of nitrogens with zero attached hydrogens (tertiary/aromatic N) is 15. The van der Waals surface area contributed by atoms with Crippen LogP contribution < -0.4 is 0 Å². The maximum absolute atomic E-state index is 8.89. The predicted octanol–water partition coefficient (Wildman–Crippen LogP) is 33.2. The molecule has 0 aliphatic carbocycles. The minimum absolute atomic E-state index is 0.0187. The smallest absolute Gasteiger partial charge is 0.238 e. The van der Waals surface area contributed by atoms with Crippen molar-refractivity contribution in [3.05, 3.63) is 527 Å². The highest BCUT2D eigenvalue weighted by Crippen LogP contribution is 2.48. The molecule has 21 aromatic carbocycles. The van der Waals surface area contributed by atoms with Crippen molar-refractivity contribution < 1.29 is 20.6 Å². The van der Waals surface area contributed by atoms with Gasteiger partial charge in [-0.05, 0) is 143 Å². The van der Waals surface area contributed by atoms with Gasteiger partial charge < -0.3 is 13.7 Å². The largest absolute Gasteiger partial charge is 0.309 e. The van der Waals surface area contributed by atoms with Gasteiger partial charge in [0.2, 0.25) is 17.8 Å². The van der Waals surface area contributed by atoms with E-state index in [2.05, 4.69) is 177 Å². The van der Waals surface area contributed by atoms with Gasteiger partial charge in [0.1, 0.15) is 0 Å². The van der Waals surface area contributed by atoms with E-state index in [0.717, 1.165) is 181 Å². The van der Waals surface area contributed by atoms with Crippen LogP contribution in [0.5, 0.6) is 0 Å². The normalized spacial score (nSPS) is 13.0. The third kappa shape index (κ3) is 15.1. The maximum Gasteiger partial charge on any atom is 0.238 e. The van der Waals surface area contributed by atoms with Gasteiger partial charge in [-0.1, -0.05) is 418 Å². The van der Waals surface area contributed by atoms with Gasteiger partial charge >= 0.3 is 0 Å². The number of fused-ring (bicyclic) bond motifs is 21. The molecule has 0 aliphatic heterocycles. The second-order valence-corrected chi connectivity index (χ2v) is 36.3. The molecule has 15 heteroatoms. The van der Waals surface area contributed by atoms with E-state index < -0.39 is 54.4 Å². The van der Waals surface area contributed by atoms with Gasteiger partial charge in [-0.3, -0.25) is 13.7 Å². The molecular formula is C135H87N15. The Labute approximate surface area is 882 Å². The standard InChI is InChI=1S/3C45H29N5/c1-4-15-30(16-5-1)32-19-14-20-33(29-32)44-46-43(31-17-6-2-7-18-31)47-45(48-44)50-38-26-13-11-24-36(38)42-40(50)28-27-39-41(42)35-23-10-12-25-37(35)49(39)34-21-8-3-9-22-34;1-4-14-30(15-5-1)31-24-26-33(27-25-31)44-46-43(32-16-6-2-7-17-32)47-45(48-44)50-39-23-13-11-21-37(39)41-40(50)29-28-36-35-20-10-12-22-38(35)49(42(36)41)34-18-8-3-9-19-34;1-4-16-30(17-5-1)33-22-10-11-23-34(33)44-46-43(31-18-6-2-7-19-31)47-45(48-44)50-38-27-15-13-25-36(38)42-40(50)29-28-39-41(42)35-24-12-14-26-37(35)49(39)32-20-8-3-9-21-32/h3*1-29H/i2D,6D,7D,17D,18D;2D,6D,7D,16D,17D;2D,6D,7D,18D,19D. The molecule has 0 bridgehead atoms. The molecule has 0 amide bonds. The Balaban J connectivity index is 0.000000116. The molecular weight excluding hydrogens is 1830 g/mol. The summed E-state index contributed by atoms with van der Waals surface area (Å²) in [6.45, 7) is 0. The fraction of sp³-hybridized carbons (Fsp3) is 0. The fourth-order valence-corrected chi connectivity index (χ4v) is 21.4. The highest BCUT2D eigenvalue weighted by atomic mass is 15.2. The number of hydrogen-bond donors (Lipinski definition) is 0. The molecule has 0 aliphatic rings. The van der Waals surface area contributed by atoms with Gasteiger partial charge in [-0.25, -0.2) is 15.0 Å². The maximum atomic E-state index is 8.89. The van der Waals surface area contributed by atoms with E-state index in [1.165, 1.54) is 0 Å². The van der Waals surface area contributed by atoms with Gasteiger partial charge in [0, 0.05) is 115 Å². The Morgan fingerprint density at radius 3 is 0.833 bits per heavy atom. The van der Waals surface area contributed by atoms with Crippen LogP contribution >= 0.6 is 0 Å². The van der Waals surface area contributed by atoms with Crippen molar-refractivity contribution in [2.75, 3.05) is 0 Å². The lowest BCUT2D eigenvalue weighted by molar-refractivity contribution is 0.953. The minimum Gasteiger partial charge on any atom is -0.309 e. The summed E-state index contributed by atoms with van der Waals surface area (Å²) in [4.78, 5) is 44.7. The minimum atomic E-state index is -0.483. The van der Waals surface area contributed by atoms with Crippen LogP contribution in [0.4, 0.5) is 0 Å². The monoisotopic (exact) mass is 1930 g/mol. The summed E-state index contributed by atoms with van der Waals surface area (Å²) in [5.74, 6) is 1.62. The molecule has 0 saturated heterocycles. The van der Waals surface area contributed by atoms with Crippen molar-refractivity contribution in [3.63, 3.8) is 0 Å². The summed E-state index contributed by atoms with van der Waals surface area (Å²) in [6.07, 6.45) is 0. The van der Waals surface area contributed by atoms with Gasteiger partial charge in [0.15, 0.2) is 34.9 Å². The fourth-order valence-electron chi connectivity index (χ4n) is 21.4. The molecule has 30 rings (SSSR count). The molecule has 0 saturated carbocycles. The summed E-state index contributed by atoms with van der Waals surface area (Å²) in [7, 11) is 0. The van der Waals surface area contributed by atoms with Crippen molar-refractivity contribution >= 4 is 131 Å². The SMILES string of the molecule is [2H]c1c([2H])c([2H])c(-c2nc(-c3ccc(-c4ccccc4)cc3)nc(-n3c4ccccc4c4c3ccc3c5ccccc5n(-c5ccccc5)c34)n2)c([2H])c1[2H].[2H]c1c([2H])c([2H])c(-c2nc(-c3cccc(-c4ccccc4)c3)nc(-n3c4ccccc4c4c5c6ccccc6n(-c6ccccc6)c5ccc43)n2)c([2H])c1[2H].[2H]c1c([2H])c([2H])c(-c2nc(-c3ccccc3-c3ccccc3)nc(-n3c4ccccc4c4c5c6ccccc6n(-c6ccccc6)c5ccc43)n2)c([2H])c1[2H]. The lowest BCUT2D eigenvalue weighted by atomic mass is 9.99. The molecule has 0 fully saturated rings. The van der Waals surface area contributed by atoms with E-state index in [4.69, 9.17) is 65.4 Å². The quantitative estimate of drug-likeness (QED) is 0.0979. The highest BCUT2D eigenvalue weighted by Gasteiger charge is 2.29. The number of rotatable bonds is 15. The van der Waals surface area contributed by atoms with Crippen LogP contribution in [-0.4, -0.2) is 72.3 Å². The number of aromatic nitrogens is 15. The second-order valence-electron chi connectivity index (χ2n) is 36.3.